The van der Waals surface area contributed by atoms with Crippen LogP contribution in [-0.4, -0.2) is 58.6 Å². The van der Waals surface area contributed by atoms with Crippen LogP contribution >= 0.6 is 0 Å². The summed E-state index contributed by atoms with van der Waals surface area (Å²) in [6, 6.07) is 7.50. The Morgan fingerprint density at radius 1 is 1.21 bits per heavy atom. The third-order valence-electron chi connectivity index (χ3n) is 5.16. The number of amides is 1. The van der Waals surface area contributed by atoms with Crippen molar-refractivity contribution in [1.29, 1.82) is 0 Å². The zero-order chi connectivity index (χ0) is 19.9. The van der Waals surface area contributed by atoms with Crippen LogP contribution in [0.4, 0.5) is 0 Å². The molecule has 2 heterocycles. The lowest BCUT2D eigenvalue weighted by atomic mass is 10.1. The summed E-state index contributed by atoms with van der Waals surface area (Å²) in [5.74, 6) is 2.12. The van der Waals surface area contributed by atoms with Crippen molar-refractivity contribution in [3.8, 4) is 5.75 Å². The van der Waals surface area contributed by atoms with Crippen molar-refractivity contribution in [3.05, 3.63) is 41.5 Å². The highest BCUT2D eigenvalue weighted by Gasteiger charge is 2.29. The topological polar surface area (TPSA) is 71.7 Å². The normalized spacial score (nSPS) is 16.2. The van der Waals surface area contributed by atoms with Crippen LogP contribution in [-0.2, 0) is 6.42 Å². The van der Waals surface area contributed by atoms with Crippen LogP contribution in [0.1, 0.15) is 61.7 Å². The molecule has 7 heteroatoms. The molecule has 3 rings (SSSR count). The molecule has 0 spiro atoms. The number of piperazine rings is 1. The number of hydrogen-bond acceptors (Lipinski definition) is 6. The molecule has 1 atom stereocenters. The molecule has 1 fully saturated rings. The predicted octanol–water partition coefficient (Wildman–Crippen LogP) is 3.33. The van der Waals surface area contributed by atoms with Crippen LogP contribution in [0.3, 0.4) is 0 Å². The summed E-state index contributed by atoms with van der Waals surface area (Å²) in [5, 5.41) is 4.09. The van der Waals surface area contributed by atoms with E-state index in [0.717, 1.165) is 38.2 Å². The number of unbranched alkanes of at least 4 members (excludes halogenated alkanes) is 1. The number of hydrogen-bond donors (Lipinski definition) is 0. The van der Waals surface area contributed by atoms with E-state index >= 15 is 0 Å². The van der Waals surface area contributed by atoms with Gasteiger partial charge in [-0.1, -0.05) is 30.6 Å². The van der Waals surface area contributed by atoms with Crippen LogP contribution in [0.5, 0.6) is 5.75 Å². The maximum absolute atomic E-state index is 12.9. The van der Waals surface area contributed by atoms with Gasteiger partial charge < -0.3 is 14.2 Å². The second-order valence-corrected chi connectivity index (χ2v) is 7.09. The molecule has 1 unspecified atom stereocenters. The zero-order valence-corrected chi connectivity index (χ0v) is 17.1. The van der Waals surface area contributed by atoms with Gasteiger partial charge in [0.05, 0.1) is 18.2 Å². The summed E-state index contributed by atoms with van der Waals surface area (Å²) in [6.45, 7) is 9.58. The van der Waals surface area contributed by atoms with E-state index in [9.17, 15) is 4.79 Å². The van der Waals surface area contributed by atoms with E-state index in [1.54, 1.807) is 0 Å². The van der Waals surface area contributed by atoms with Gasteiger partial charge >= 0.3 is 0 Å². The van der Waals surface area contributed by atoms with Gasteiger partial charge in [-0.3, -0.25) is 9.69 Å². The molecule has 28 heavy (non-hydrogen) atoms. The molecule has 1 amide bonds. The summed E-state index contributed by atoms with van der Waals surface area (Å²) in [6.07, 6.45) is 3.04. The SMILES string of the molecule is CCCCc1noc(C(C)N2CCN(C(=O)c3ccccc3OCC)CC2)n1. The van der Waals surface area contributed by atoms with Crippen LogP contribution < -0.4 is 4.74 Å². The first-order valence-electron chi connectivity index (χ1n) is 10.2. The van der Waals surface area contributed by atoms with Gasteiger partial charge in [-0.25, -0.2) is 0 Å². The Morgan fingerprint density at radius 2 is 1.96 bits per heavy atom. The molecule has 1 aromatic heterocycles. The van der Waals surface area contributed by atoms with Gasteiger partial charge in [-0.15, -0.1) is 0 Å². The molecule has 0 saturated carbocycles. The fourth-order valence-electron chi connectivity index (χ4n) is 3.44. The second-order valence-electron chi connectivity index (χ2n) is 7.09. The van der Waals surface area contributed by atoms with Crippen LogP contribution in [0, 0.1) is 0 Å². The van der Waals surface area contributed by atoms with Crippen molar-refractivity contribution >= 4 is 5.91 Å². The molecule has 2 aromatic rings. The molecular weight excluding hydrogens is 356 g/mol. The van der Waals surface area contributed by atoms with E-state index in [0.29, 0.717) is 36.9 Å². The third-order valence-corrected chi connectivity index (χ3v) is 5.16. The molecule has 1 aromatic carbocycles. The highest BCUT2D eigenvalue weighted by atomic mass is 16.5. The summed E-state index contributed by atoms with van der Waals surface area (Å²) in [5.41, 5.74) is 0.628. The molecular formula is C21H30N4O3. The number of carbonyl (C=O) groups excluding carboxylic acids is 1. The lowest BCUT2D eigenvalue weighted by molar-refractivity contribution is 0.0548. The molecule has 0 radical (unpaired) electrons. The fraction of sp³-hybridized carbons (Fsp3) is 0.571. The van der Waals surface area contributed by atoms with Crippen LogP contribution in [0.15, 0.2) is 28.8 Å². The molecule has 1 saturated heterocycles. The van der Waals surface area contributed by atoms with E-state index in [2.05, 4.69) is 28.9 Å². The number of aromatic nitrogens is 2. The average molecular weight is 386 g/mol. The van der Waals surface area contributed by atoms with Crippen molar-refractivity contribution in [1.82, 2.24) is 19.9 Å². The van der Waals surface area contributed by atoms with E-state index in [4.69, 9.17) is 9.26 Å². The summed E-state index contributed by atoms with van der Waals surface area (Å²) < 4.78 is 11.1. The van der Waals surface area contributed by atoms with Gasteiger partial charge in [-0.2, -0.15) is 4.98 Å². The predicted molar refractivity (Wildman–Crippen MR) is 106 cm³/mol. The summed E-state index contributed by atoms with van der Waals surface area (Å²) in [7, 11) is 0. The number of carbonyl (C=O) groups is 1. The van der Waals surface area contributed by atoms with Crippen molar-refractivity contribution < 1.29 is 14.1 Å². The van der Waals surface area contributed by atoms with Gasteiger partial charge in [-0.05, 0) is 32.4 Å². The summed E-state index contributed by atoms with van der Waals surface area (Å²) >= 11 is 0. The number of rotatable bonds is 8. The average Bonchev–Trinajstić information content (AvgIpc) is 3.21. The Hall–Kier alpha value is -2.41. The lowest BCUT2D eigenvalue weighted by Crippen LogP contribution is -2.49. The van der Waals surface area contributed by atoms with Crippen molar-refractivity contribution in [2.75, 3.05) is 32.8 Å². The quantitative estimate of drug-likeness (QED) is 0.693. The minimum Gasteiger partial charge on any atom is -0.493 e. The Balaban J connectivity index is 1.58. The minimum absolute atomic E-state index is 0.0241. The molecule has 1 aliphatic rings. The molecule has 0 aliphatic carbocycles. The Kier molecular flexibility index (Phi) is 7.03. The van der Waals surface area contributed by atoms with Gasteiger partial charge in [0.2, 0.25) is 5.89 Å². The molecule has 1 aliphatic heterocycles. The number of aryl methyl sites for hydroxylation is 1. The van der Waals surface area contributed by atoms with Crippen LogP contribution in [0.25, 0.3) is 0 Å². The van der Waals surface area contributed by atoms with Gasteiger partial charge in [0.15, 0.2) is 5.82 Å². The molecule has 0 N–H and O–H groups in total. The van der Waals surface area contributed by atoms with Crippen LogP contribution in [0.2, 0.25) is 0 Å². The van der Waals surface area contributed by atoms with Crippen molar-refractivity contribution in [3.63, 3.8) is 0 Å². The van der Waals surface area contributed by atoms with Gasteiger partial charge in [0.25, 0.3) is 5.91 Å². The van der Waals surface area contributed by atoms with Gasteiger partial charge in [0.1, 0.15) is 5.75 Å². The second kappa shape index (κ2) is 9.68. The van der Waals surface area contributed by atoms with E-state index in [1.807, 2.05) is 36.1 Å². The maximum Gasteiger partial charge on any atom is 0.257 e. The number of para-hydroxylation sites is 1. The highest BCUT2D eigenvalue weighted by Crippen LogP contribution is 2.23. The zero-order valence-electron chi connectivity index (χ0n) is 17.1. The van der Waals surface area contributed by atoms with Crippen molar-refractivity contribution in [2.45, 2.75) is 46.1 Å². The monoisotopic (exact) mass is 386 g/mol. The molecule has 0 bridgehead atoms. The number of ether oxygens (including phenoxy) is 1. The van der Waals surface area contributed by atoms with E-state index < -0.39 is 0 Å². The van der Waals surface area contributed by atoms with E-state index in [-0.39, 0.29) is 11.9 Å². The highest BCUT2D eigenvalue weighted by molar-refractivity contribution is 5.97. The Bertz CT molecular complexity index is 769. The lowest BCUT2D eigenvalue weighted by Gasteiger charge is -2.37. The Morgan fingerprint density at radius 3 is 2.68 bits per heavy atom. The van der Waals surface area contributed by atoms with E-state index in [1.165, 1.54) is 0 Å². The number of benzene rings is 1. The standard InChI is InChI=1S/C21H30N4O3/c1-4-6-11-19-22-20(28-23-19)16(3)24-12-14-25(15-13-24)21(26)17-9-7-8-10-18(17)27-5-2/h7-10,16H,4-6,11-15H2,1-3H3. The largest absolute Gasteiger partial charge is 0.493 e. The Labute approximate surface area is 166 Å². The third kappa shape index (κ3) is 4.70. The fourth-order valence-corrected chi connectivity index (χ4v) is 3.44. The molecule has 152 valence electrons. The first kappa shape index (κ1) is 20.3. The smallest absolute Gasteiger partial charge is 0.257 e. The first-order chi connectivity index (χ1) is 13.6. The number of nitrogens with zero attached hydrogens (tertiary/aromatic N) is 4. The minimum atomic E-state index is 0.0241. The molecule has 7 nitrogen and oxygen atoms in total. The van der Waals surface area contributed by atoms with Gasteiger partial charge in [0, 0.05) is 32.6 Å². The first-order valence-corrected chi connectivity index (χ1v) is 10.2. The van der Waals surface area contributed by atoms with Crippen molar-refractivity contribution in [2.24, 2.45) is 0 Å². The summed E-state index contributed by atoms with van der Waals surface area (Å²) in [4.78, 5) is 21.6. The maximum atomic E-state index is 12.9.